The molecule has 3 rings (SSSR count). The molecule has 2 amide bonds. The van der Waals surface area contributed by atoms with Crippen LogP contribution < -0.4 is 0 Å². The van der Waals surface area contributed by atoms with Crippen molar-refractivity contribution in [3.05, 3.63) is 70.2 Å². The molecule has 2 aromatic carbocycles. The Morgan fingerprint density at radius 1 is 1.00 bits per heavy atom. The Balaban J connectivity index is 1.54. The predicted octanol–water partition coefficient (Wildman–Crippen LogP) is 2.51. The van der Waals surface area contributed by atoms with Crippen LogP contribution in [0.25, 0.3) is 0 Å². The van der Waals surface area contributed by atoms with Crippen LogP contribution >= 0.6 is 11.6 Å². The number of aliphatic hydroxyl groups is 1. The lowest BCUT2D eigenvalue weighted by atomic mass is 10.1. The zero-order valence-electron chi connectivity index (χ0n) is 12.8. The molecule has 2 aromatic rings. The number of fused-ring (bicyclic) bond motifs is 1. The van der Waals surface area contributed by atoms with E-state index < -0.39 is 6.10 Å². The third-order valence-corrected chi connectivity index (χ3v) is 4.17. The second kappa shape index (κ2) is 7.13. The van der Waals surface area contributed by atoms with Gasteiger partial charge in [-0.15, -0.1) is 0 Å². The maximum Gasteiger partial charge on any atom is 0.261 e. The number of benzene rings is 2. The van der Waals surface area contributed by atoms with E-state index >= 15 is 0 Å². The van der Waals surface area contributed by atoms with Crippen LogP contribution in [-0.2, 0) is 11.3 Å². The maximum atomic E-state index is 12.2. The first-order valence-corrected chi connectivity index (χ1v) is 7.90. The van der Waals surface area contributed by atoms with E-state index in [2.05, 4.69) is 0 Å². The summed E-state index contributed by atoms with van der Waals surface area (Å²) in [6, 6.07) is 13.9. The second-order valence-electron chi connectivity index (χ2n) is 5.53. The molecule has 0 spiro atoms. The van der Waals surface area contributed by atoms with Crippen molar-refractivity contribution >= 4 is 23.4 Å². The number of nitrogens with zero attached hydrogens (tertiary/aromatic N) is 1. The van der Waals surface area contributed by atoms with Crippen LogP contribution in [0.4, 0.5) is 0 Å². The standard InChI is InChI=1S/C18H16ClNO4/c19-16-8-4-1-5-12(16)10-24-11-13(21)9-20-17(22)14-6-2-3-7-15(14)18(20)23/h1-8,13,21H,9-11H2/t13-/m0/s1. The number of ether oxygens (including phenoxy) is 1. The van der Waals surface area contributed by atoms with Gasteiger partial charge in [-0.1, -0.05) is 41.9 Å². The molecule has 1 aliphatic rings. The van der Waals surface area contributed by atoms with E-state index in [9.17, 15) is 14.7 Å². The number of hydrogen-bond acceptors (Lipinski definition) is 4. The van der Waals surface area contributed by atoms with Gasteiger partial charge >= 0.3 is 0 Å². The Kier molecular flexibility index (Phi) is 4.94. The van der Waals surface area contributed by atoms with Gasteiger partial charge < -0.3 is 9.84 Å². The molecular weight excluding hydrogens is 330 g/mol. The Hall–Kier alpha value is -2.21. The number of rotatable bonds is 6. The number of aliphatic hydroxyl groups excluding tert-OH is 1. The van der Waals surface area contributed by atoms with Gasteiger partial charge in [0.25, 0.3) is 11.8 Å². The average Bonchev–Trinajstić information content (AvgIpc) is 2.82. The molecule has 24 heavy (non-hydrogen) atoms. The lowest BCUT2D eigenvalue weighted by Gasteiger charge is -2.18. The minimum Gasteiger partial charge on any atom is -0.389 e. The van der Waals surface area contributed by atoms with Crippen molar-refractivity contribution in [2.24, 2.45) is 0 Å². The highest BCUT2D eigenvalue weighted by Crippen LogP contribution is 2.22. The molecule has 1 aliphatic heterocycles. The smallest absolute Gasteiger partial charge is 0.261 e. The molecule has 0 aromatic heterocycles. The highest BCUT2D eigenvalue weighted by molar-refractivity contribution is 6.31. The first kappa shape index (κ1) is 16.6. The molecule has 1 heterocycles. The minimum atomic E-state index is -0.963. The Bertz CT molecular complexity index is 742. The van der Waals surface area contributed by atoms with E-state index in [-0.39, 0.29) is 31.6 Å². The van der Waals surface area contributed by atoms with Gasteiger partial charge in [0.1, 0.15) is 0 Å². The summed E-state index contributed by atoms with van der Waals surface area (Å²) >= 11 is 6.03. The molecule has 0 unspecified atom stereocenters. The number of halogens is 1. The fourth-order valence-corrected chi connectivity index (χ4v) is 2.78. The summed E-state index contributed by atoms with van der Waals surface area (Å²) < 4.78 is 5.44. The molecule has 0 fully saturated rings. The Morgan fingerprint density at radius 3 is 2.21 bits per heavy atom. The number of hydrogen-bond donors (Lipinski definition) is 1. The Labute approximate surface area is 144 Å². The molecule has 6 heteroatoms. The highest BCUT2D eigenvalue weighted by Gasteiger charge is 2.36. The van der Waals surface area contributed by atoms with Crippen LogP contribution in [0.1, 0.15) is 26.3 Å². The molecule has 5 nitrogen and oxygen atoms in total. The fraction of sp³-hybridized carbons (Fsp3) is 0.222. The summed E-state index contributed by atoms with van der Waals surface area (Å²) in [6.07, 6.45) is -0.963. The highest BCUT2D eigenvalue weighted by atomic mass is 35.5. The summed E-state index contributed by atoms with van der Waals surface area (Å²) in [5.74, 6) is -0.776. The molecule has 1 atom stereocenters. The van der Waals surface area contributed by atoms with Gasteiger partial charge in [0.05, 0.1) is 37.0 Å². The van der Waals surface area contributed by atoms with Gasteiger partial charge in [0.2, 0.25) is 0 Å². The lowest BCUT2D eigenvalue weighted by Crippen LogP contribution is -2.38. The van der Waals surface area contributed by atoms with Crippen molar-refractivity contribution in [1.29, 1.82) is 0 Å². The molecular formula is C18H16ClNO4. The average molecular weight is 346 g/mol. The van der Waals surface area contributed by atoms with Crippen molar-refractivity contribution in [2.75, 3.05) is 13.2 Å². The van der Waals surface area contributed by atoms with Crippen LogP contribution in [0.2, 0.25) is 5.02 Å². The molecule has 1 N–H and O–H groups in total. The Morgan fingerprint density at radius 2 is 1.58 bits per heavy atom. The van der Waals surface area contributed by atoms with E-state index in [4.69, 9.17) is 16.3 Å². The van der Waals surface area contributed by atoms with E-state index in [1.54, 1.807) is 30.3 Å². The van der Waals surface area contributed by atoms with Crippen LogP contribution in [0, 0.1) is 0 Å². The first-order valence-electron chi connectivity index (χ1n) is 7.52. The quantitative estimate of drug-likeness (QED) is 0.817. The van der Waals surface area contributed by atoms with Gasteiger partial charge in [-0.3, -0.25) is 14.5 Å². The number of β-amino-alcohol motifs (C(OH)–C–C–N with tert-alkyl or cyclic N) is 1. The molecule has 0 saturated heterocycles. The van der Waals surface area contributed by atoms with Gasteiger partial charge in [0, 0.05) is 5.02 Å². The summed E-state index contributed by atoms with van der Waals surface area (Å²) in [7, 11) is 0. The van der Waals surface area contributed by atoms with E-state index in [1.165, 1.54) is 0 Å². The summed E-state index contributed by atoms with van der Waals surface area (Å²) in [4.78, 5) is 25.5. The number of imide groups is 1. The van der Waals surface area contributed by atoms with Crippen LogP contribution in [0.3, 0.4) is 0 Å². The largest absolute Gasteiger partial charge is 0.389 e. The summed E-state index contributed by atoms with van der Waals surface area (Å²) in [5, 5.41) is 10.7. The van der Waals surface area contributed by atoms with Crippen LogP contribution in [-0.4, -0.2) is 41.1 Å². The third kappa shape index (κ3) is 3.33. The SMILES string of the molecule is O=C1c2ccccc2C(=O)N1C[C@H](O)COCc1ccccc1Cl. The molecule has 0 saturated carbocycles. The van der Waals surface area contributed by atoms with Gasteiger partial charge in [-0.2, -0.15) is 0 Å². The van der Waals surface area contributed by atoms with Crippen LogP contribution in [0.5, 0.6) is 0 Å². The van der Waals surface area contributed by atoms with Crippen molar-refractivity contribution in [3.8, 4) is 0 Å². The van der Waals surface area contributed by atoms with Crippen molar-refractivity contribution in [2.45, 2.75) is 12.7 Å². The van der Waals surface area contributed by atoms with E-state index in [0.29, 0.717) is 16.1 Å². The number of carbonyl (C=O) groups is 2. The summed E-state index contributed by atoms with van der Waals surface area (Å²) in [5.41, 5.74) is 1.55. The first-order chi connectivity index (χ1) is 11.6. The second-order valence-corrected chi connectivity index (χ2v) is 5.93. The van der Waals surface area contributed by atoms with Gasteiger partial charge in [-0.25, -0.2) is 0 Å². The zero-order chi connectivity index (χ0) is 17.1. The number of carbonyl (C=O) groups excluding carboxylic acids is 2. The number of amides is 2. The monoisotopic (exact) mass is 345 g/mol. The van der Waals surface area contributed by atoms with Crippen molar-refractivity contribution < 1.29 is 19.4 Å². The molecule has 0 aliphatic carbocycles. The molecule has 0 radical (unpaired) electrons. The summed E-state index contributed by atoms with van der Waals surface area (Å²) in [6.45, 7) is 0.145. The van der Waals surface area contributed by atoms with E-state index in [0.717, 1.165) is 10.5 Å². The fourth-order valence-electron chi connectivity index (χ4n) is 2.59. The minimum absolute atomic E-state index is 0.00136. The third-order valence-electron chi connectivity index (χ3n) is 3.80. The van der Waals surface area contributed by atoms with Crippen LogP contribution in [0.15, 0.2) is 48.5 Å². The zero-order valence-corrected chi connectivity index (χ0v) is 13.6. The van der Waals surface area contributed by atoms with E-state index in [1.807, 2.05) is 18.2 Å². The normalized spacial score (nSPS) is 14.8. The van der Waals surface area contributed by atoms with Gasteiger partial charge in [0.15, 0.2) is 0 Å². The van der Waals surface area contributed by atoms with Crippen molar-refractivity contribution in [1.82, 2.24) is 4.90 Å². The molecule has 0 bridgehead atoms. The predicted molar refractivity (Wildman–Crippen MR) is 88.9 cm³/mol. The lowest BCUT2D eigenvalue weighted by molar-refractivity contribution is 0.0120. The maximum absolute atomic E-state index is 12.2. The topological polar surface area (TPSA) is 66.8 Å². The van der Waals surface area contributed by atoms with Crippen molar-refractivity contribution in [3.63, 3.8) is 0 Å². The van der Waals surface area contributed by atoms with Gasteiger partial charge in [-0.05, 0) is 23.8 Å². The molecule has 124 valence electrons.